The van der Waals surface area contributed by atoms with Gasteiger partial charge in [0.1, 0.15) is 0 Å². The van der Waals surface area contributed by atoms with E-state index in [0.717, 1.165) is 10.9 Å². The maximum atomic E-state index is 12.1. The van der Waals surface area contributed by atoms with Crippen LogP contribution in [0, 0.1) is 0 Å². The predicted octanol–water partition coefficient (Wildman–Crippen LogP) is 2.62. The summed E-state index contributed by atoms with van der Waals surface area (Å²) in [6.45, 7) is 0. The van der Waals surface area contributed by atoms with E-state index >= 15 is 0 Å². The van der Waals surface area contributed by atoms with Gasteiger partial charge in [-0.1, -0.05) is 0 Å². The highest BCUT2D eigenvalue weighted by molar-refractivity contribution is 6.01. The summed E-state index contributed by atoms with van der Waals surface area (Å²) in [6.07, 6.45) is -1.24. The van der Waals surface area contributed by atoms with Crippen molar-refractivity contribution in [1.29, 1.82) is 0 Å². The van der Waals surface area contributed by atoms with Gasteiger partial charge in [0.05, 0.1) is 0 Å². The molecule has 0 aliphatic heterocycles. The number of aromatic nitrogens is 1. The van der Waals surface area contributed by atoms with Crippen LogP contribution < -0.4 is 0 Å². The number of alkyl halides is 2. The first kappa shape index (κ1) is 8.87. The van der Waals surface area contributed by atoms with Gasteiger partial charge < -0.3 is 4.98 Å². The third kappa shape index (κ3) is 1.39. The minimum atomic E-state index is -2.94. The molecule has 72 valence electrons. The third-order valence-electron chi connectivity index (χ3n) is 2.04. The van der Waals surface area contributed by atoms with Crippen LogP contribution in [0.3, 0.4) is 0 Å². The average molecular weight is 195 g/mol. The van der Waals surface area contributed by atoms with Crippen molar-refractivity contribution in [3.63, 3.8) is 0 Å². The molecule has 0 fully saturated rings. The molecule has 0 bridgehead atoms. The number of benzene rings is 1. The van der Waals surface area contributed by atoms with Gasteiger partial charge in [-0.3, -0.25) is 4.79 Å². The summed E-state index contributed by atoms with van der Waals surface area (Å²) in [5.41, 5.74) is 0.878. The quantitative estimate of drug-likeness (QED) is 0.734. The van der Waals surface area contributed by atoms with Crippen LogP contribution in [0.4, 0.5) is 8.78 Å². The van der Waals surface area contributed by atoms with E-state index in [-0.39, 0.29) is 5.56 Å². The van der Waals surface area contributed by atoms with Crippen molar-refractivity contribution in [2.75, 3.05) is 0 Å². The first-order valence-electron chi connectivity index (χ1n) is 4.08. The SMILES string of the molecule is O=C(c1ccc2[nH]ccc2c1)C(F)F. The Morgan fingerprint density at radius 2 is 2.07 bits per heavy atom. The van der Waals surface area contributed by atoms with E-state index in [9.17, 15) is 13.6 Å². The summed E-state index contributed by atoms with van der Waals surface area (Å²) in [6, 6.07) is 6.20. The van der Waals surface area contributed by atoms with Crippen LogP contribution in [0.1, 0.15) is 10.4 Å². The van der Waals surface area contributed by atoms with Crippen LogP contribution >= 0.6 is 0 Å². The fourth-order valence-corrected chi connectivity index (χ4v) is 1.33. The van der Waals surface area contributed by atoms with E-state index in [1.54, 1.807) is 18.3 Å². The van der Waals surface area contributed by atoms with Crippen molar-refractivity contribution >= 4 is 16.7 Å². The predicted molar refractivity (Wildman–Crippen MR) is 48.6 cm³/mol. The lowest BCUT2D eigenvalue weighted by Gasteiger charge is -1.99. The number of aromatic amines is 1. The number of Topliss-reactive ketones (excluding diaryl/α,β-unsaturated/α-hetero) is 1. The van der Waals surface area contributed by atoms with Crippen molar-refractivity contribution in [3.05, 3.63) is 36.0 Å². The molecule has 14 heavy (non-hydrogen) atoms. The van der Waals surface area contributed by atoms with Crippen LogP contribution in [-0.4, -0.2) is 17.2 Å². The largest absolute Gasteiger partial charge is 0.361 e. The summed E-state index contributed by atoms with van der Waals surface area (Å²) in [4.78, 5) is 13.9. The first-order valence-corrected chi connectivity index (χ1v) is 4.08. The number of nitrogens with one attached hydrogen (secondary N) is 1. The molecule has 0 atom stereocenters. The smallest absolute Gasteiger partial charge is 0.300 e. The summed E-state index contributed by atoms with van der Waals surface area (Å²) in [7, 11) is 0. The van der Waals surface area contributed by atoms with Crippen molar-refractivity contribution in [1.82, 2.24) is 4.98 Å². The zero-order valence-corrected chi connectivity index (χ0v) is 7.13. The number of H-pyrrole nitrogens is 1. The highest BCUT2D eigenvalue weighted by atomic mass is 19.3. The molecule has 1 aromatic carbocycles. The van der Waals surface area contributed by atoms with Gasteiger partial charge in [-0.05, 0) is 24.3 Å². The molecular formula is C10H7F2NO. The standard InChI is InChI=1S/C10H7F2NO/c11-10(12)9(14)7-1-2-8-6(5-7)3-4-13-8/h1-5,10,13H. The molecule has 0 saturated carbocycles. The van der Waals surface area contributed by atoms with Gasteiger partial charge in [-0.15, -0.1) is 0 Å². The number of hydrogen-bond acceptors (Lipinski definition) is 1. The molecule has 0 saturated heterocycles. The lowest BCUT2D eigenvalue weighted by molar-refractivity contribution is 0.0679. The molecule has 4 heteroatoms. The lowest BCUT2D eigenvalue weighted by atomic mass is 10.1. The molecule has 2 aromatic rings. The van der Waals surface area contributed by atoms with Crippen molar-refractivity contribution in [3.8, 4) is 0 Å². The van der Waals surface area contributed by atoms with Crippen LogP contribution in [0.5, 0.6) is 0 Å². The number of carbonyl (C=O) groups excluding carboxylic acids is 1. The second-order valence-electron chi connectivity index (χ2n) is 2.94. The number of halogens is 2. The van der Waals surface area contributed by atoms with Gasteiger partial charge in [0.15, 0.2) is 0 Å². The second kappa shape index (κ2) is 3.21. The summed E-state index contributed by atoms with van der Waals surface area (Å²) >= 11 is 0. The first-order chi connectivity index (χ1) is 6.68. The van der Waals surface area contributed by atoms with E-state index < -0.39 is 12.2 Å². The fraction of sp³-hybridized carbons (Fsp3) is 0.100. The van der Waals surface area contributed by atoms with E-state index in [4.69, 9.17) is 0 Å². The number of fused-ring (bicyclic) bond motifs is 1. The Balaban J connectivity index is 2.48. The third-order valence-corrected chi connectivity index (χ3v) is 2.04. The molecule has 2 nitrogen and oxygen atoms in total. The number of carbonyl (C=O) groups is 1. The maximum absolute atomic E-state index is 12.1. The highest BCUT2D eigenvalue weighted by Crippen LogP contribution is 2.16. The lowest BCUT2D eigenvalue weighted by Crippen LogP contribution is -2.09. The van der Waals surface area contributed by atoms with E-state index in [1.807, 2.05) is 0 Å². The fourth-order valence-electron chi connectivity index (χ4n) is 1.33. The molecule has 0 aliphatic rings. The Morgan fingerprint density at radius 3 is 2.79 bits per heavy atom. The molecular weight excluding hydrogens is 188 g/mol. The molecule has 1 heterocycles. The Labute approximate surface area is 78.5 Å². The zero-order chi connectivity index (χ0) is 10.1. The molecule has 1 aromatic heterocycles. The van der Waals surface area contributed by atoms with Crippen LogP contribution in [0.2, 0.25) is 0 Å². The molecule has 2 rings (SSSR count). The average Bonchev–Trinajstić information content (AvgIpc) is 2.62. The normalized spacial score (nSPS) is 11.1. The highest BCUT2D eigenvalue weighted by Gasteiger charge is 2.17. The zero-order valence-electron chi connectivity index (χ0n) is 7.13. The van der Waals surface area contributed by atoms with Crippen LogP contribution in [0.25, 0.3) is 10.9 Å². The van der Waals surface area contributed by atoms with E-state index in [2.05, 4.69) is 4.98 Å². The van der Waals surface area contributed by atoms with Gasteiger partial charge in [-0.2, -0.15) is 0 Å². The second-order valence-corrected chi connectivity index (χ2v) is 2.94. The molecule has 1 N–H and O–H groups in total. The van der Waals surface area contributed by atoms with Gasteiger partial charge >= 0.3 is 6.43 Å². The van der Waals surface area contributed by atoms with Gasteiger partial charge in [0.2, 0.25) is 5.78 Å². The summed E-state index contributed by atoms with van der Waals surface area (Å²) in [5, 5.41) is 0.761. The topological polar surface area (TPSA) is 32.9 Å². The monoisotopic (exact) mass is 195 g/mol. The molecule has 0 unspecified atom stereocenters. The molecule has 0 amide bonds. The number of rotatable bonds is 2. The van der Waals surface area contributed by atoms with Gasteiger partial charge in [0, 0.05) is 22.7 Å². The van der Waals surface area contributed by atoms with E-state index in [1.165, 1.54) is 12.1 Å². The van der Waals surface area contributed by atoms with Crippen LogP contribution in [-0.2, 0) is 0 Å². The maximum Gasteiger partial charge on any atom is 0.300 e. The molecule has 0 radical (unpaired) electrons. The van der Waals surface area contributed by atoms with Gasteiger partial charge in [-0.25, -0.2) is 8.78 Å². The van der Waals surface area contributed by atoms with Crippen molar-refractivity contribution in [2.45, 2.75) is 6.43 Å². The molecule has 0 spiro atoms. The molecule has 0 aliphatic carbocycles. The van der Waals surface area contributed by atoms with Crippen molar-refractivity contribution in [2.24, 2.45) is 0 Å². The number of hydrogen-bond donors (Lipinski definition) is 1. The summed E-state index contributed by atoms with van der Waals surface area (Å²) in [5.74, 6) is -1.13. The van der Waals surface area contributed by atoms with Gasteiger partial charge in [0.25, 0.3) is 0 Å². The van der Waals surface area contributed by atoms with Crippen LogP contribution in [0.15, 0.2) is 30.5 Å². The Kier molecular flexibility index (Phi) is 2.04. The van der Waals surface area contributed by atoms with Crippen molar-refractivity contribution < 1.29 is 13.6 Å². The minimum Gasteiger partial charge on any atom is -0.361 e. The Bertz CT molecular complexity index is 476. The minimum absolute atomic E-state index is 0.0482. The van der Waals surface area contributed by atoms with E-state index in [0.29, 0.717) is 0 Å². The Hall–Kier alpha value is -1.71. The summed E-state index contributed by atoms with van der Waals surface area (Å²) < 4.78 is 24.2. The Morgan fingerprint density at radius 1 is 1.29 bits per heavy atom. The number of ketones is 1.